The van der Waals surface area contributed by atoms with Crippen LogP contribution in [0.2, 0.25) is 0 Å². The van der Waals surface area contributed by atoms with Gasteiger partial charge in [-0.2, -0.15) is 0 Å². The molecule has 0 heterocycles. The second kappa shape index (κ2) is 5.22. The van der Waals surface area contributed by atoms with Crippen molar-refractivity contribution in [2.45, 2.75) is 59.8 Å². The van der Waals surface area contributed by atoms with Crippen LogP contribution in [-0.2, 0) is 4.79 Å². The molecule has 0 aromatic heterocycles. The minimum atomic E-state index is -0.348. The first-order valence-corrected chi connectivity index (χ1v) is 8.86. The minimum absolute atomic E-state index is 0.107. The third-order valence-electron chi connectivity index (χ3n) is 7.08. The predicted molar refractivity (Wildman–Crippen MR) is 94.1 cm³/mol. The Labute approximate surface area is 139 Å². The first kappa shape index (κ1) is 16.3. The van der Waals surface area contributed by atoms with Gasteiger partial charge in [-0.3, -0.25) is 4.79 Å². The van der Waals surface area contributed by atoms with Gasteiger partial charge in [0.05, 0.1) is 0 Å². The summed E-state index contributed by atoms with van der Waals surface area (Å²) in [6.07, 6.45) is 5.15. The van der Waals surface area contributed by atoms with Gasteiger partial charge in [0.25, 0.3) is 0 Å². The van der Waals surface area contributed by atoms with Crippen LogP contribution in [-0.4, -0.2) is 10.9 Å². The Kier molecular flexibility index (Phi) is 3.70. The highest BCUT2D eigenvalue weighted by Gasteiger charge is 2.72. The largest absolute Gasteiger partial charge is 0.507 e. The maximum Gasteiger partial charge on any atom is 0.169 e. The minimum Gasteiger partial charge on any atom is -0.507 e. The van der Waals surface area contributed by atoms with Gasteiger partial charge in [0, 0.05) is 22.0 Å². The molecule has 0 amide bonds. The van der Waals surface area contributed by atoms with Crippen LogP contribution in [0.1, 0.15) is 65.4 Å². The Morgan fingerprint density at radius 3 is 2.39 bits per heavy atom. The van der Waals surface area contributed by atoms with Crippen molar-refractivity contribution in [2.75, 3.05) is 0 Å². The number of ketones is 1. The van der Waals surface area contributed by atoms with E-state index in [-0.39, 0.29) is 27.8 Å². The van der Waals surface area contributed by atoms with Gasteiger partial charge in [0.15, 0.2) is 5.78 Å². The first-order chi connectivity index (χ1) is 10.8. The van der Waals surface area contributed by atoms with E-state index in [1.54, 1.807) is 0 Å². The Hall–Kier alpha value is -1.57. The van der Waals surface area contributed by atoms with Crippen LogP contribution in [0.25, 0.3) is 5.76 Å². The van der Waals surface area contributed by atoms with Crippen LogP contribution in [0.5, 0.6) is 0 Å². The third-order valence-corrected chi connectivity index (χ3v) is 7.08. The van der Waals surface area contributed by atoms with E-state index in [0.29, 0.717) is 5.57 Å². The lowest BCUT2D eigenvalue weighted by Crippen LogP contribution is -2.35. The highest BCUT2D eigenvalue weighted by molar-refractivity contribution is 6.10. The van der Waals surface area contributed by atoms with Crippen LogP contribution in [0.3, 0.4) is 0 Å². The second-order valence-corrected chi connectivity index (χ2v) is 8.06. The summed E-state index contributed by atoms with van der Waals surface area (Å²) in [5.41, 5.74) is 0.826. The summed E-state index contributed by atoms with van der Waals surface area (Å²) >= 11 is 0. The number of carbonyl (C=O) groups excluding carboxylic acids is 1. The second-order valence-electron chi connectivity index (χ2n) is 8.06. The van der Waals surface area contributed by atoms with Crippen molar-refractivity contribution in [1.82, 2.24) is 0 Å². The average Bonchev–Trinajstić information content (AvgIpc) is 2.82. The van der Waals surface area contributed by atoms with Gasteiger partial charge in [0.2, 0.25) is 0 Å². The Morgan fingerprint density at radius 1 is 1.13 bits per heavy atom. The quantitative estimate of drug-likeness (QED) is 0.585. The molecular formula is C21H28O2. The van der Waals surface area contributed by atoms with Crippen molar-refractivity contribution in [1.29, 1.82) is 0 Å². The van der Waals surface area contributed by atoms with Gasteiger partial charge in [0.1, 0.15) is 5.76 Å². The highest BCUT2D eigenvalue weighted by atomic mass is 16.3. The number of rotatable bonds is 4. The average molecular weight is 312 g/mol. The van der Waals surface area contributed by atoms with Gasteiger partial charge in [-0.1, -0.05) is 70.9 Å². The summed E-state index contributed by atoms with van der Waals surface area (Å²) in [6.45, 7) is 8.76. The lowest BCUT2D eigenvalue weighted by atomic mass is 9.62. The zero-order valence-corrected chi connectivity index (χ0v) is 14.8. The molecule has 0 aliphatic heterocycles. The summed E-state index contributed by atoms with van der Waals surface area (Å²) in [5, 5.41) is 11.0. The molecule has 2 aliphatic carbocycles. The molecule has 1 aromatic carbocycles. The number of unbranched alkanes of at least 4 members (excludes halogenated alkanes) is 1. The number of fused-ring (bicyclic) bond motifs is 2. The molecule has 0 saturated heterocycles. The van der Waals surface area contributed by atoms with Crippen molar-refractivity contribution < 1.29 is 9.90 Å². The number of carbonyl (C=O) groups is 1. The monoisotopic (exact) mass is 312 g/mol. The van der Waals surface area contributed by atoms with Crippen LogP contribution in [0, 0.1) is 16.2 Å². The molecule has 2 saturated carbocycles. The molecule has 0 spiro atoms. The van der Waals surface area contributed by atoms with Gasteiger partial charge >= 0.3 is 0 Å². The van der Waals surface area contributed by atoms with Crippen LogP contribution in [0.15, 0.2) is 35.9 Å². The Bertz CT molecular complexity index is 656. The molecule has 2 nitrogen and oxygen atoms in total. The fraction of sp³-hybridized carbons (Fsp3) is 0.571. The lowest BCUT2D eigenvalue weighted by molar-refractivity contribution is -0.125. The van der Waals surface area contributed by atoms with E-state index in [2.05, 4.69) is 27.7 Å². The van der Waals surface area contributed by atoms with E-state index in [1.165, 1.54) is 0 Å². The smallest absolute Gasteiger partial charge is 0.169 e. The fourth-order valence-corrected chi connectivity index (χ4v) is 5.06. The normalized spacial score (nSPS) is 34.0. The SMILES string of the molecule is CCCCC12CCC(C)(C(=O)C1=C(O)c1ccccc1)C2(C)C. The van der Waals surface area contributed by atoms with E-state index in [9.17, 15) is 9.90 Å². The van der Waals surface area contributed by atoms with E-state index >= 15 is 0 Å². The molecular weight excluding hydrogens is 284 g/mol. The molecule has 2 aliphatic rings. The number of hydrogen-bond acceptors (Lipinski definition) is 2. The topological polar surface area (TPSA) is 37.3 Å². The van der Waals surface area contributed by atoms with Crippen LogP contribution < -0.4 is 0 Å². The molecule has 2 fully saturated rings. The van der Waals surface area contributed by atoms with Gasteiger partial charge in [-0.15, -0.1) is 0 Å². The fourth-order valence-electron chi connectivity index (χ4n) is 5.06. The number of aliphatic hydroxyl groups is 1. The molecule has 2 bridgehead atoms. The summed E-state index contributed by atoms with van der Waals surface area (Å²) in [4.78, 5) is 13.3. The summed E-state index contributed by atoms with van der Waals surface area (Å²) in [5.74, 6) is 0.384. The predicted octanol–water partition coefficient (Wildman–Crippen LogP) is 5.54. The van der Waals surface area contributed by atoms with E-state index in [1.807, 2.05) is 30.3 Å². The lowest BCUT2D eigenvalue weighted by Gasteiger charge is -2.40. The van der Waals surface area contributed by atoms with Crippen molar-refractivity contribution >= 4 is 11.5 Å². The maximum absolute atomic E-state index is 13.3. The summed E-state index contributed by atoms with van der Waals surface area (Å²) in [7, 11) is 0. The Morgan fingerprint density at radius 2 is 1.78 bits per heavy atom. The van der Waals surface area contributed by atoms with E-state index in [0.717, 1.165) is 37.7 Å². The van der Waals surface area contributed by atoms with Crippen molar-refractivity contribution in [3.8, 4) is 0 Å². The highest BCUT2D eigenvalue weighted by Crippen LogP contribution is 2.74. The Balaban J connectivity index is 2.21. The molecule has 0 radical (unpaired) electrons. The number of hydrogen-bond donors (Lipinski definition) is 1. The molecule has 2 heteroatoms. The number of aliphatic hydroxyl groups excluding tert-OH is 1. The molecule has 2 atom stereocenters. The standard InChI is InChI=1S/C21H28O2/c1-5-6-12-21-14-13-20(4,19(21,2)3)18(23)16(21)17(22)15-10-8-7-9-11-15/h7-11,22H,5-6,12-14H2,1-4H3. The van der Waals surface area contributed by atoms with E-state index < -0.39 is 0 Å². The van der Waals surface area contributed by atoms with Crippen LogP contribution in [0.4, 0.5) is 0 Å². The maximum atomic E-state index is 13.3. The summed E-state index contributed by atoms with van der Waals surface area (Å²) in [6, 6.07) is 9.54. The molecule has 124 valence electrons. The van der Waals surface area contributed by atoms with Gasteiger partial charge in [-0.25, -0.2) is 0 Å². The van der Waals surface area contributed by atoms with Gasteiger partial charge < -0.3 is 5.11 Å². The zero-order valence-electron chi connectivity index (χ0n) is 14.8. The van der Waals surface area contributed by atoms with E-state index in [4.69, 9.17) is 0 Å². The molecule has 23 heavy (non-hydrogen) atoms. The van der Waals surface area contributed by atoms with Crippen molar-refractivity contribution in [3.05, 3.63) is 41.5 Å². The number of benzene rings is 1. The van der Waals surface area contributed by atoms with Crippen molar-refractivity contribution in [2.24, 2.45) is 16.2 Å². The van der Waals surface area contributed by atoms with Crippen molar-refractivity contribution in [3.63, 3.8) is 0 Å². The molecule has 1 N–H and O–H groups in total. The van der Waals surface area contributed by atoms with Gasteiger partial charge in [-0.05, 0) is 24.7 Å². The number of allylic oxidation sites excluding steroid dienone is 1. The third kappa shape index (κ3) is 1.90. The molecule has 1 aromatic rings. The number of Topliss-reactive ketones (excluding diaryl/α,β-unsaturated/α-hetero) is 1. The zero-order chi connectivity index (χ0) is 16.9. The first-order valence-electron chi connectivity index (χ1n) is 8.86. The van der Waals surface area contributed by atoms with Crippen LogP contribution >= 0.6 is 0 Å². The molecule has 3 rings (SSSR count). The summed E-state index contributed by atoms with van der Waals surface area (Å²) < 4.78 is 0. The molecule has 2 unspecified atom stereocenters.